The summed E-state index contributed by atoms with van der Waals surface area (Å²) in [5, 5.41) is 8.08. The van der Waals surface area contributed by atoms with Gasteiger partial charge in [0.15, 0.2) is 0 Å². The van der Waals surface area contributed by atoms with E-state index in [9.17, 15) is 0 Å². The number of thiophene rings is 1. The molecule has 3 aliphatic rings. The molecular weight excluding hydrogens is 414 g/mol. The highest BCUT2D eigenvalue weighted by molar-refractivity contribution is 7.19. The van der Waals surface area contributed by atoms with Crippen molar-refractivity contribution in [1.29, 1.82) is 0 Å². The van der Waals surface area contributed by atoms with Crippen LogP contribution in [0.4, 0.5) is 11.6 Å². The Kier molecular flexibility index (Phi) is 5.25. The van der Waals surface area contributed by atoms with Gasteiger partial charge in [-0.15, -0.1) is 11.3 Å². The molecule has 0 aromatic carbocycles. The van der Waals surface area contributed by atoms with E-state index in [0.29, 0.717) is 12.0 Å². The van der Waals surface area contributed by atoms with Crippen LogP contribution in [0.1, 0.15) is 42.5 Å². The van der Waals surface area contributed by atoms with Gasteiger partial charge in [0.05, 0.1) is 24.8 Å². The van der Waals surface area contributed by atoms with Crippen molar-refractivity contribution in [3.63, 3.8) is 0 Å². The minimum atomic E-state index is 0.204. The third-order valence-electron chi connectivity index (χ3n) is 6.70. The minimum absolute atomic E-state index is 0.204. The number of ether oxygens (including phenoxy) is 2. The highest BCUT2D eigenvalue weighted by atomic mass is 32.1. The van der Waals surface area contributed by atoms with Gasteiger partial charge in [-0.1, -0.05) is 5.16 Å². The molecule has 0 atom stereocenters. The van der Waals surface area contributed by atoms with Crippen molar-refractivity contribution in [2.45, 2.75) is 57.1 Å². The average molecular weight is 442 g/mol. The van der Waals surface area contributed by atoms with Crippen molar-refractivity contribution in [2.75, 3.05) is 31.6 Å². The first-order chi connectivity index (χ1) is 15.3. The number of hydrogen-bond acceptors (Lipinski definition) is 9. The lowest BCUT2D eigenvalue weighted by atomic mass is 9.91. The standard InChI is InChI=1S/C22H27N5O3S/c1-2-17-18(3-1)31-21-19(17)20(25-22(26-21)24-14-12-23-29-13-14)30-16-6-4-15(5-7-16)27-8-10-28-11-9-27/h12-13,15-16H,1-11H2,(H,24,25,26). The van der Waals surface area contributed by atoms with E-state index in [1.807, 2.05) is 0 Å². The van der Waals surface area contributed by atoms with Gasteiger partial charge in [0.25, 0.3) is 0 Å². The van der Waals surface area contributed by atoms with E-state index in [2.05, 4.69) is 15.4 Å². The Balaban J connectivity index is 1.23. The quantitative estimate of drug-likeness (QED) is 0.637. The number of morpholine rings is 1. The molecule has 1 N–H and O–H groups in total. The summed E-state index contributed by atoms with van der Waals surface area (Å²) in [6.07, 6.45) is 11.3. The lowest BCUT2D eigenvalue weighted by Crippen LogP contribution is -2.46. The number of nitrogens with zero attached hydrogens (tertiary/aromatic N) is 4. The Morgan fingerprint density at radius 3 is 2.77 bits per heavy atom. The first-order valence-electron chi connectivity index (χ1n) is 11.3. The Bertz CT molecular complexity index is 1040. The van der Waals surface area contributed by atoms with Crippen molar-refractivity contribution in [1.82, 2.24) is 20.0 Å². The van der Waals surface area contributed by atoms with E-state index in [4.69, 9.17) is 24.0 Å². The number of hydrogen-bond donors (Lipinski definition) is 1. The van der Waals surface area contributed by atoms with Crippen molar-refractivity contribution in [3.05, 3.63) is 22.9 Å². The Hall–Kier alpha value is -2.23. The molecule has 0 unspecified atom stereocenters. The van der Waals surface area contributed by atoms with Gasteiger partial charge in [-0.05, 0) is 50.5 Å². The number of fused-ring (bicyclic) bond motifs is 3. The van der Waals surface area contributed by atoms with Gasteiger partial charge >= 0.3 is 0 Å². The molecule has 0 amide bonds. The molecule has 0 bridgehead atoms. The number of rotatable bonds is 5. The van der Waals surface area contributed by atoms with Gasteiger partial charge in [0.1, 0.15) is 22.9 Å². The molecule has 1 saturated carbocycles. The van der Waals surface area contributed by atoms with E-state index in [-0.39, 0.29) is 6.10 Å². The first kappa shape index (κ1) is 19.5. The third kappa shape index (κ3) is 3.90. The summed E-state index contributed by atoms with van der Waals surface area (Å²) in [6, 6.07) is 0.658. The molecule has 3 aromatic rings. The topological polar surface area (TPSA) is 85.5 Å². The largest absolute Gasteiger partial charge is 0.474 e. The van der Waals surface area contributed by atoms with E-state index >= 15 is 0 Å². The van der Waals surface area contributed by atoms with Crippen LogP contribution in [0.2, 0.25) is 0 Å². The summed E-state index contributed by atoms with van der Waals surface area (Å²) in [5.41, 5.74) is 2.13. The summed E-state index contributed by atoms with van der Waals surface area (Å²) in [4.78, 5) is 14.6. The van der Waals surface area contributed by atoms with E-state index in [0.717, 1.165) is 73.8 Å². The first-order valence-corrected chi connectivity index (χ1v) is 12.1. The molecule has 9 heteroatoms. The molecule has 0 radical (unpaired) electrons. The lowest BCUT2D eigenvalue weighted by Gasteiger charge is -2.38. The number of nitrogens with one attached hydrogen (secondary N) is 1. The maximum absolute atomic E-state index is 6.58. The normalized spacial score (nSPS) is 24.4. The van der Waals surface area contributed by atoms with Crippen LogP contribution in [0.3, 0.4) is 0 Å². The van der Waals surface area contributed by atoms with Gasteiger partial charge in [-0.2, -0.15) is 4.98 Å². The summed E-state index contributed by atoms with van der Waals surface area (Å²) in [6.45, 7) is 3.84. The Morgan fingerprint density at radius 1 is 1.10 bits per heavy atom. The van der Waals surface area contributed by atoms with Crippen molar-refractivity contribution in [3.8, 4) is 5.88 Å². The highest BCUT2D eigenvalue weighted by Gasteiger charge is 2.30. The second-order valence-electron chi connectivity index (χ2n) is 8.62. The second-order valence-corrected chi connectivity index (χ2v) is 9.71. The SMILES string of the molecule is c1nocc1Nc1nc(OC2CCC(N3CCOCC3)CC2)c2c3c(sc2n1)CCC3. The molecule has 4 heterocycles. The lowest BCUT2D eigenvalue weighted by molar-refractivity contribution is -0.00124. The van der Waals surface area contributed by atoms with Crippen molar-refractivity contribution in [2.24, 2.45) is 0 Å². The second kappa shape index (κ2) is 8.37. The molecule has 164 valence electrons. The number of anilines is 2. The monoisotopic (exact) mass is 441 g/mol. The van der Waals surface area contributed by atoms with Gasteiger partial charge in [-0.25, -0.2) is 4.98 Å². The van der Waals surface area contributed by atoms with E-state index in [1.165, 1.54) is 29.7 Å². The summed E-state index contributed by atoms with van der Waals surface area (Å²) >= 11 is 1.78. The summed E-state index contributed by atoms with van der Waals surface area (Å²) < 4.78 is 17.0. The van der Waals surface area contributed by atoms with E-state index in [1.54, 1.807) is 23.8 Å². The van der Waals surface area contributed by atoms with Crippen molar-refractivity contribution < 1.29 is 14.0 Å². The zero-order valence-electron chi connectivity index (χ0n) is 17.5. The molecular formula is C22H27N5O3S. The fourth-order valence-electron chi connectivity index (χ4n) is 5.13. The molecule has 0 spiro atoms. The van der Waals surface area contributed by atoms with Crippen LogP contribution in [0.5, 0.6) is 5.88 Å². The molecule has 8 nitrogen and oxygen atoms in total. The molecule has 1 saturated heterocycles. The van der Waals surface area contributed by atoms with E-state index < -0.39 is 0 Å². The van der Waals surface area contributed by atoms with Crippen LogP contribution >= 0.6 is 11.3 Å². The maximum atomic E-state index is 6.58. The fraction of sp³-hybridized carbons (Fsp3) is 0.591. The zero-order valence-corrected chi connectivity index (χ0v) is 18.3. The average Bonchev–Trinajstić information content (AvgIpc) is 3.53. The summed E-state index contributed by atoms with van der Waals surface area (Å²) in [5.74, 6) is 1.27. The predicted octanol–water partition coefficient (Wildman–Crippen LogP) is 3.93. The van der Waals surface area contributed by atoms with Crippen LogP contribution in [0.15, 0.2) is 17.0 Å². The Labute approximate surface area is 184 Å². The molecule has 6 rings (SSSR count). The molecule has 2 aliphatic carbocycles. The molecule has 1 aliphatic heterocycles. The fourth-order valence-corrected chi connectivity index (χ4v) is 6.38. The van der Waals surface area contributed by atoms with Gasteiger partial charge in [-0.3, -0.25) is 4.90 Å². The number of aryl methyl sites for hydroxylation is 2. The smallest absolute Gasteiger partial charge is 0.232 e. The Morgan fingerprint density at radius 2 is 1.97 bits per heavy atom. The highest BCUT2D eigenvalue weighted by Crippen LogP contribution is 2.42. The summed E-state index contributed by atoms with van der Waals surface area (Å²) in [7, 11) is 0. The zero-order chi connectivity index (χ0) is 20.6. The minimum Gasteiger partial charge on any atom is -0.474 e. The van der Waals surface area contributed by atoms with Crippen molar-refractivity contribution >= 4 is 33.2 Å². The van der Waals surface area contributed by atoms with Gasteiger partial charge < -0.3 is 19.3 Å². The molecule has 3 aromatic heterocycles. The van der Waals surface area contributed by atoms with Crippen LogP contribution in [0.25, 0.3) is 10.2 Å². The number of aromatic nitrogens is 3. The maximum Gasteiger partial charge on any atom is 0.232 e. The van der Waals surface area contributed by atoms with Gasteiger partial charge in [0.2, 0.25) is 11.8 Å². The molecule has 31 heavy (non-hydrogen) atoms. The van der Waals surface area contributed by atoms with Gasteiger partial charge in [0, 0.05) is 24.0 Å². The van der Waals surface area contributed by atoms with Crippen LogP contribution in [-0.4, -0.2) is 58.5 Å². The van der Waals surface area contributed by atoms with Crippen LogP contribution in [0, 0.1) is 0 Å². The predicted molar refractivity (Wildman–Crippen MR) is 118 cm³/mol. The third-order valence-corrected chi connectivity index (χ3v) is 7.89. The van der Waals surface area contributed by atoms with Crippen LogP contribution in [-0.2, 0) is 17.6 Å². The molecule has 2 fully saturated rings. The van der Waals surface area contributed by atoms with Crippen LogP contribution < -0.4 is 10.1 Å².